The van der Waals surface area contributed by atoms with Crippen molar-refractivity contribution < 1.29 is 23.8 Å². The van der Waals surface area contributed by atoms with Crippen LogP contribution in [0.3, 0.4) is 0 Å². The predicted octanol–water partition coefficient (Wildman–Crippen LogP) is 3.32. The van der Waals surface area contributed by atoms with E-state index in [1.54, 1.807) is 7.11 Å². The molecule has 0 radical (unpaired) electrons. The molecule has 1 spiro atoms. The molecule has 0 bridgehead atoms. The molecule has 1 aromatic rings. The fraction of sp³-hybridized carbons (Fsp3) is 0.632. The molecular weight excluding hydrogens is 325 g/mol. The molecule has 0 amide bonds. The van der Waals surface area contributed by atoms with E-state index in [1.165, 1.54) is 44.2 Å². The molecule has 1 N–H and O–H groups in total. The zero-order valence-corrected chi connectivity index (χ0v) is 15.0. The minimum absolute atomic E-state index is 0.244. The second-order valence-corrected chi connectivity index (χ2v) is 6.85. The Morgan fingerprint density at radius 1 is 1.36 bits per heavy atom. The second kappa shape index (κ2) is 9.15. The van der Waals surface area contributed by atoms with E-state index < -0.39 is 0 Å². The SMILES string of the molecule is COc1cc(F)ccc1CN1CCC[C@]2(CCC[C@H]2OC)C1.O=CO. The molecule has 1 saturated carbocycles. The molecule has 5 nitrogen and oxygen atoms in total. The molecule has 0 unspecified atom stereocenters. The highest BCUT2D eigenvalue weighted by Gasteiger charge is 2.45. The summed E-state index contributed by atoms with van der Waals surface area (Å²) in [6.45, 7) is 2.74. The van der Waals surface area contributed by atoms with Crippen molar-refractivity contribution in [1.82, 2.24) is 4.90 Å². The van der Waals surface area contributed by atoms with Crippen LogP contribution >= 0.6 is 0 Å². The lowest BCUT2D eigenvalue weighted by atomic mass is 9.76. The number of ether oxygens (including phenoxy) is 2. The summed E-state index contributed by atoms with van der Waals surface area (Å²) < 4.78 is 24.4. The molecule has 25 heavy (non-hydrogen) atoms. The Hall–Kier alpha value is -1.66. The minimum Gasteiger partial charge on any atom is -0.496 e. The first-order valence-electron chi connectivity index (χ1n) is 8.74. The number of likely N-dealkylation sites (tertiary alicyclic amines) is 1. The zero-order chi connectivity index (χ0) is 18.3. The van der Waals surface area contributed by atoms with Gasteiger partial charge < -0.3 is 14.6 Å². The summed E-state index contributed by atoms with van der Waals surface area (Å²) in [7, 11) is 3.45. The maximum atomic E-state index is 13.3. The fourth-order valence-corrected chi connectivity index (χ4v) is 4.42. The van der Waals surface area contributed by atoms with Crippen LogP contribution in [0.2, 0.25) is 0 Å². The monoisotopic (exact) mass is 353 g/mol. The van der Waals surface area contributed by atoms with Crippen molar-refractivity contribution >= 4 is 6.47 Å². The first-order valence-corrected chi connectivity index (χ1v) is 8.74. The van der Waals surface area contributed by atoms with Crippen LogP contribution in [0.15, 0.2) is 18.2 Å². The van der Waals surface area contributed by atoms with Crippen LogP contribution in [0, 0.1) is 11.2 Å². The third kappa shape index (κ3) is 4.70. The second-order valence-electron chi connectivity index (χ2n) is 6.85. The summed E-state index contributed by atoms with van der Waals surface area (Å²) in [5.74, 6) is 0.403. The molecule has 1 aromatic carbocycles. The van der Waals surface area contributed by atoms with E-state index in [1.807, 2.05) is 13.2 Å². The van der Waals surface area contributed by atoms with Crippen LogP contribution in [0.1, 0.15) is 37.7 Å². The Bertz CT molecular complexity index is 568. The molecule has 140 valence electrons. The molecule has 2 fully saturated rings. The Morgan fingerprint density at radius 3 is 2.76 bits per heavy atom. The largest absolute Gasteiger partial charge is 0.496 e. The fourth-order valence-electron chi connectivity index (χ4n) is 4.42. The van der Waals surface area contributed by atoms with Gasteiger partial charge in [0.15, 0.2) is 0 Å². The highest BCUT2D eigenvalue weighted by Crippen LogP contribution is 2.46. The molecule has 2 atom stereocenters. The molecule has 6 heteroatoms. The van der Waals surface area contributed by atoms with Gasteiger partial charge in [-0.2, -0.15) is 0 Å². The summed E-state index contributed by atoms with van der Waals surface area (Å²) >= 11 is 0. The topological polar surface area (TPSA) is 59.0 Å². The van der Waals surface area contributed by atoms with Crippen LogP contribution in [0.25, 0.3) is 0 Å². The standard InChI is InChI=1S/C18H26FNO2.CH2O2/c1-21-16-11-15(19)7-6-14(16)12-20-10-4-9-18(13-20)8-3-5-17(18)22-2;2-1-3/h6-7,11,17H,3-5,8-10,12-13H2,1-2H3;1H,(H,2,3)/t17-,18-;/m1./s1. The lowest BCUT2D eigenvalue weighted by Crippen LogP contribution is -2.47. The van der Waals surface area contributed by atoms with Gasteiger partial charge >= 0.3 is 0 Å². The zero-order valence-electron chi connectivity index (χ0n) is 15.0. The van der Waals surface area contributed by atoms with Crippen LogP contribution in [0.5, 0.6) is 5.75 Å². The first kappa shape index (κ1) is 19.7. The lowest BCUT2D eigenvalue weighted by Gasteiger charge is -2.43. The first-order chi connectivity index (χ1) is 12.1. The minimum atomic E-state index is -0.250. The van der Waals surface area contributed by atoms with Gasteiger partial charge in [-0.1, -0.05) is 12.5 Å². The van der Waals surface area contributed by atoms with Crippen molar-refractivity contribution in [2.24, 2.45) is 5.41 Å². The number of nitrogens with zero attached hydrogens (tertiary/aromatic N) is 1. The van der Waals surface area contributed by atoms with E-state index in [0.717, 1.165) is 25.2 Å². The number of carboxylic acid groups (broad SMARTS) is 1. The van der Waals surface area contributed by atoms with E-state index in [2.05, 4.69) is 4.90 Å². The van der Waals surface area contributed by atoms with E-state index in [0.29, 0.717) is 17.3 Å². The third-order valence-corrected chi connectivity index (χ3v) is 5.44. The molecule has 1 heterocycles. The summed E-state index contributed by atoms with van der Waals surface area (Å²) in [4.78, 5) is 10.8. The number of halogens is 1. The van der Waals surface area contributed by atoms with Gasteiger partial charge in [-0.15, -0.1) is 0 Å². The number of rotatable bonds is 4. The average Bonchev–Trinajstić information content (AvgIpc) is 2.99. The average molecular weight is 353 g/mol. The van der Waals surface area contributed by atoms with Crippen molar-refractivity contribution in [1.29, 1.82) is 0 Å². The Morgan fingerprint density at radius 2 is 2.08 bits per heavy atom. The van der Waals surface area contributed by atoms with Crippen LogP contribution in [-0.4, -0.2) is 49.9 Å². The van der Waals surface area contributed by atoms with E-state index >= 15 is 0 Å². The maximum Gasteiger partial charge on any atom is 0.290 e. The Kier molecular flexibility index (Phi) is 7.20. The summed E-state index contributed by atoms with van der Waals surface area (Å²) in [5, 5.41) is 6.89. The number of methoxy groups -OCH3 is 2. The highest BCUT2D eigenvalue weighted by molar-refractivity contribution is 5.34. The van der Waals surface area contributed by atoms with Crippen molar-refractivity contribution in [2.45, 2.75) is 44.8 Å². The normalized spacial score (nSPS) is 26.1. The maximum absolute atomic E-state index is 13.3. The molecule has 3 rings (SSSR count). The third-order valence-electron chi connectivity index (χ3n) is 5.44. The highest BCUT2D eigenvalue weighted by atomic mass is 19.1. The van der Waals surface area contributed by atoms with Crippen molar-refractivity contribution in [3.8, 4) is 5.75 Å². The quantitative estimate of drug-likeness (QED) is 0.842. The van der Waals surface area contributed by atoms with Gasteiger partial charge in [0.25, 0.3) is 6.47 Å². The summed E-state index contributed by atoms with van der Waals surface area (Å²) in [5.41, 5.74) is 1.38. The number of carbonyl (C=O) groups is 1. The number of piperidine rings is 1. The van der Waals surface area contributed by atoms with E-state index in [-0.39, 0.29) is 12.3 Å². The molecule has 1 aliphatic carbocycles. The summed E-state index contributed by atoms with van der Waals surface area (Å²) in [6.07, 6.45) is 6.59. The Balaban J connectivity index is 0.000000701. The smallest absolute Gasteiger partial charge is 0.290 e. The van der Waals surface area contributed by atoms with Gasteiger partial charge in [-0.05, 0) is 38.3 Å². The van der Waals surface area contributed by atoms with Gasteiger partial charge in [0.05, 0.1) is 13.2 Å². The van der Waals surface area contributed by atoms with Crippen molar-refractivity contribution in [3.05, 3.63) is 29.6 Å². The number of benzene rings is 1. The van der Waals surface area contributed by atoms with Gasteiger partial charge in [0, 0.05) is 37.2 Å². The lowest BCUT2D eigenvalue weighted by molar-refractivity contribution is -0.122. The number of hydrogen-bond acceptors (Lipinski definition) is 4. The molecular formula is C19H28FNO4. The van der Waals surface area contributed by atoms with Crippen molar-refractivity contribution in [2.75, 3.05) is 27.3 Å². The Labute approximate surface area is 148 Å². The predicted molar refractivity (Wildman–Crippen MR) is 93.2 cm³/mol. The van der Waals surface area contributed by atoms with E-state index in [4.69, 9.17) is 19.4 Å². The van der Waals surface area contributed by atoms with Crippen LogP contribution in [0.4, 0.5) is 4.39 Å². The van der Waals surface area contributed by atoms with Gasteiger partial charge in [0.2, 0.25) is 0 Å². The number of hydrogen-bond donors (Lipinski definition) is 1. The molecule has 1 aliphatic heterocycles. The van der Waals surface area contributed by atoms with Crippen molar-refractivity contribution in [3.63, 3.8) is 0 Å². The van der Waals surface area contributed by atoms with Crippen LogP contribution < -0.4 is 4.74 Å². The molecule has 2 aliphatic rings. The van der Waals surface area contributed by atoms with Gasteiger partial charge in [0.1, 0.15) is 11.6 Å². The molecule has 1 saturated heterocycles. The van der Waals surface area contributed by atoms with Gasteiger partial charge in [-0.3, -0.25) is 9.69 Å². The van der Waals surface area contributed by atoms with Crippen LogP contribution in [-0.2, 0) is 16.1 Å². The summed E-state index contributed by atoms with van der Waals surface area (Å²) in [6, 6.07) is 4.84. The van der Waals surface area contributed by atoms with Gasteiger partial charge in [-0.25, -0.2) is 4.39 Å². The molecule has 0 aromatic heterocycles. The van der Waals surface area contributed by atoms with E-state index in [9.17, 15) is 4.39 Å².